The number of rotatable bonds is 12. The van der Waals surface area contributed by atoms with E-state index in [4.69, 9.17) is 19.0 Å². The predicted octanol–water partition coefficient (Wildman–Crippen LogP) is 0.146. The van der Waals surface area contributed by atoms with E-state index < -0.39 is 6.10 Å². The average molecular weight is 273 g/mol. The van der Waals surface area contributed by atoms with Crippen LogP contribution in [0.15, 0.2) is 22.8 Å². The zero-order valence-electron chi connectivity index (χ0n) is 11.1. The van der Waals surface area contributed by atoms with Crippen LogP contribution in [0.1, 0.15) is 12.2 Å². The molecule has 1 aromatic heterocycles. The van der Waals surface area contributed by atoms with Crippen LogP contribution in [0, 0.1) is 0 Å². The normalized spacial score (nSPS) is 12.7. The molecule has 1 aromatic rings. The highest BCUT2D eigenvalue weighted by molar-refractivity contribution is 4.96. The fraction of sp³-hybridized carbons (Fsp3) is 0.692. The Hall–Kier alpha value is -0.920. The van der Waals surface area contributed by atoms with Gasteiger partial charge in [-0.25, -0.2) is 0 Å². The van der Waals surface area contributed by atoms with Crippen LogP contribution in [0.25, 0.3) is 0 Å². The van der Waals surface area contributed by atoms with Crippen molar-refractivity contribution in [1.29, 1.82) is 0 Å². The van der Waals surface area contributed by atoms with Crippen molar-refractivity contribution >= 4 is 0 Å². The molecule has 6 nitrogen and oxygen atoms in total. The topological polar surface area (TPSA) is 84.1 Å². The van der Waals surface area contributed by atoms with Gasteiger partial charge >= 0.3 is 0 Å². The first-order valence-electron chi connectivity index (χ1n) is 6.50. The zero-order chi connectivity index (χ0) is 13.8. The summed E-state index contributed by atoms with van der Waals surface area (Å²) in [5.74, 6) is 0.751. The van der Waals surface area contributed by atoms with Gasteiger partial charge in [0.05, 0.1) is 32.2 Å². The summed E-state index contributed by atoms with van der Waals surface area (Å²) in [5.41, 5.74) is 0. The Morgan fingerprint density at radius 2 is 2.21 bits per heavy atom. The lowest BCUT2D eigenvalue weighted by molar-refractivity contribution is 0.0224. The molecule has 0 radical (unpaired) electrons. The Morgan fingerprint density at radius 1 is 1.32 bits per heavy atom. The molecule has 0 saturated heterocycles. The van der Waals surface area contributed by atoms with Crippen molar-refractivity contribution in [2.24, 2.45) is 0 Å². The van der Waals surface area contributed by atoms with E-state index in [1.165, 1.54) is 0 Å². The van der Waals surface area contributed by atoms with Crippen LogP contribution < -0.4 is 5.32 Å². The summed E-state index contributed by atoms with van der Waals surface area (Å²) in [6.45, 7) is 2.94. The lowest BCUT2D eigenvalue weighted by Gasteiger charge is -2.11. The van der Waals surface area contributed by atoms with E-state index in [1.807, 2.05) is 6.07 Å². The number of hydrogen-bond acceptors (Lipinski definition) is 6. The van der Waals surface area contributed by atoms with Crippen molar-refractivity contribution in [2.75, 3.05) is 39.5 Å². The molecule has 0 aliphatic carbocycles. The molecular formula is C13H23NO5. The highest BCUT2D eigenvalue weighted by Gasteiger charge is 2.04. The summed E-state index contributed by atoms with van der Waals surface area (Å²) in [4.78, 5) is 0. The number of ether oxygens (including phenoxy) is 2. The molecule has 3 N–H and O–H groups in total. The summed E-state index contributed by atoms with van der Waals surface area (Å²) < 4.78 is 15.5. The van der Waals surface area contributed by atoms with Gasteiger partial charge in [-0.3, -0.25) is 0 Å². The predicted molar refractivity (Wildman–Crippen MR) is 69.8 cm³/mol. The second kappa shape index (κ2) is 11.0. The van der Waals surface area contributed by atoms with Crippen LogP contribution in [0.4, 0.5) is 0 Å². The molecule has 0 amide bonds. The Bertz CT molecular complexity index is 291. The number of aliphatic hydroxyl groups excluding tert-OH is 2. The van der Waals surface area contributed by atoms with E-state index >= 15 is 0 Å². The highest BCUT2D eigenvalue weighted by Crippen LogP contribution is 2.01. The molecule has 0 aliphatic heterocycles. The summed E-state index contributed by atoms with van der Waals surface area (Å²) >= 11 is 0. The van der Waals surface area contributed by atoms with Crippen molar-refractivity contribution in [2.45, 2.75) is 19.1 Å². The minimum atomic E-state index is -0.534. The molecule has 1 unspecified atom stereocenters. The van der Waals surface area contributed by atoms with E-state index in [0.29, 0.717) is 26.4 Å². The van der Waals surface area contributed by atoms with E-state index in [1.54, 1.807) is 12.3 Å². The van der Waals surface area contributed by atoms with Crippen LogP contribution in [0.3, 0.4) is 0 Å². The highest BCUT2D eigenvalue weighted by atomic mass is 16.5. The molecular weight excluding hydrogens is 250 g/mol. The molecule has 110 valence electrons. The molecule has 0 bridgehead atoms. The number of furan rings is 1. The minimum Gasteiger partial charge on any atom is -0.467 e. The zero-order valence-corrected chi connectivity index (χ0v) is 11.1. The van der Waals surface area contributed by atoms with Crippen molar-refractivity contribution < 1.29 is 24.1 Å². The van der Waals surface area contributed by atoms with Crippen molar-refractivity contribution in [3.8, 4) is 0 Å². The Balaban J connectivity index is 1.86. The monoisotopic (exact) mass is 273 g/mol. The smallest absolute Gasteiger partial charge is 0.129 e. The van der Waals surface area contributed by atoms with Crippen molar-refractivity contribution in [3.63, 3.8) is 0 Å². The number of nitrogens with one attached hydrogen (secondary N) is 1. The SMILES string of the molecule is OCCOCCCNCC(O)COCc1ccco1. The van der Waals surface area contributed by atoms with Gasteiger partial charge in [-0.15, -0.1) is 0 Å². The van der Waals surface area contributed by atoms with Gasteiger partial charge < -0.3 is 29.4 Å². The summed E-state index contributed by atoms with van der Waals surface area (Å²) in [6, 6.07) is 3.63. The summed E-state index contributed by atoms with van der Waals surface area (Å²) in [7, 11) is 0. The molecule has 0 fully saturated rings. The summed E-state index contributed by atoms with van der Waals surface area (Å²) in [6.07, 6.45) is 1.91. The van der Waals surface area contributed by atoms with E-state index in [0.717, 1.165) is 18.7 Å². The molecule has 6 heteroatoms. The van der Waals surface area contributed by atoms with E-state index in [2.05, 4.69) is 5.32 Å². The van der Waals surface area contributed by atoms with Crippen molar-refractivity contribution in [3.05, 3.63) is 24.2 Å². The molecule has 19 heavy (non-hydrogen) atoms. The second-order valence-corrected chi connectivity index (χ2v) is 4.14. The maximum absolute atomic E-state index is 9.64. The fourth-order valence-corrected chi connectivity index (χ4v) is 1.48. The van der Waals surface area contributed by atoms with E-state index in [-0.39, 0.29) is 13.2 Å². The third kappa shape index (κ3) is 8.74. The minimum absolute atomic E-state index is 0.0547. The average Bonchev–Trinajstić information content (AvgIpc) is 2.91. The third-order valence-electron chi connectivity index (χ3n) is 2.39. The lowest BCUT2D eigenvalue weighted by Crippen LogP contribution is -2.31. The second-order valence-electron chi connectivity index (χ2n) is 4.14. The van der Waals surface area contributed by atoms with E-state index in [9.17, 15) is 5.11 Å². The van der Waals surface area contributed by atoms with Crippen LogP contribution in [-0.4, -0.2) is 55.8 Å². The third-order valence-corrected chi connectivity index (χ3v) is 2.39. The first-order chi connectivity index (χ1) is 9.33. The van der Waals surface area contributed by atoms with Gasteiger partial charge in [0.15, 0.2) is 0 Å². The largest absolute Gasteiger partial charge is 0.467 e. The fourth-order valence-electron chi connectivity index (χ4n) is 1.48. The molecule has 0 spiro atoms. The van der Waals surface area contributed by atoms with Gasteiger partial charge in [0.1, 0.15) is 12.4 Å². The first kappa shape index (κ1) is 16.1. The van der Waals surface area contributed by atoms with Gasteiger partial charge in [0.25, 0.3) is 0 Å². The Morgan fingerprint density at radius 3 is 2.95 bits per heavy atom. The molecule has 1 atom stereocenters. The van der Waals surface area contributed by atoms with Gasteiger partial charge in [-0.2, -0.15) is 0 Å². The number of aliphatic hydroxyl groups is 2. The molecule has 0 aromatic carbocycles. The van der Waals surface area contributed by atoms with Crippen molar-refractivity contribution in [1.82, 2.24) is 5.32 Å². The van der Waals surface area contributed by atoms with Gasteiger partial charge in [0.2, 0.25) is 0 Å². The van der Waals surface area contributed by atoms with Crippen LogP contribution in [-0.2, 0) is 16.1 Å². The molecule has 1 rings (SSSR count). The maximum atomic E-state index is 9.64. The van der Waals surface area contributed by atoms with Crippen LogP contribution in [0.2, 0.25) is 0 Å². The molecule has 0 saturated carbocycles. The van der Waals surface area contributed by atoms with Gasteiger partial charge in [-0.05, 0) is 25.1 Å². The van der Waals surface area contributed by atoms with Crippen LogP contribution >= 0.6 is 0 Å². The maximum Gasteiger partial charge on any atom is 0.129 e. The molecule has 0 aliphatic rings. The molecule has 1 heterocycles. The van der Waals surface area contributed by atoms with Gasteiger partial charge in [-0.1, -0.05) is 0 Å². The first-order valence-corrected chi connectivity index (χ1v) is 6.50. The van der Waals surface area contributed by atoms with Gasteiger partial charge in [0, 0.05) is 13.2 Å². The number of hydrogen-bond donors (Lipinski definition) is 3. The summed E-state index contributed by atoms with van der Waals surface area (Å²) in [5, 5.41) is 21.2. The quantitative estimate of drug-likeness (QED) is 0.470. The standard InChI is InChI=1S/C13H23NO5/c15-5-8-17-6-2-4-14-9-12(16)10-18-11-13-3-1-7-19-13/h1,3,7,12,14-16H,2,4-6,8-11H2. The Kier molecular flexibility index (Phi) is 9.30. The van der Waals surface area contributed by atoms with Crippen LogP contribution in [0.5, 0.6) is 0 Å². The Labute approximate surface area is 113 Å². The lowest BCUT2D eigenvalue weighted by atomic mass is 10.3.